The summed E-state index contributed by atoms with van der Waals surface area (Å²) in [6.07, 6.45) is 0. The Morgan fingerprint density at radius 2 is 1.78 bits per heavy atom. The molecule has 1 saturated heterocycles. The summed E-state index contributed by atoms with van der Waals surface area (Å²) in [5.74, 6) is 0.353. The van der Waals surface area contributed by atoms with Crippen molar-refractivity contribution in [2.24, 2.45) is 5.73 Å². The first-order valence-corrected chi connectivity index (χ1v) is 8.98. The quantitative estimate of drug-likeness (QED) is 0.676. The van der Waals surface area contributed by atoms with Crippen LogP contribution in [0, 0.1) is 0 Å². The van der Waals surface area contributed by atoms with Crippen LogP contribution in [-0.2, 0) is 4.79 Å². The molecule has 0 radical (unpaired) electrons. The molecule has 2 aromatic rings. The third-order valence-corrected chi connectivity index (χ3v) is 4.76. The number of nitrogens with two attached hydrogens (primary N) is 1. The number of nitrogens with one attached hydrogen (secondary N) is 2. The molecule has 7 nitrogen and oxygen atoms in total. The number of quaternary nitrogens is 1. The van der Waals surface area contributed by atoms with Gasteiger partial charge in [-0.1, -0.05) is 12.1 Å². The van der Waals surface area contributed by atoms with E-state index >= 15 is 0 Å². The van der Waals surface area contributed by atoms with Crippen molar-refractivity contribution in [3.05, 3.63) is 54.1 Å². The van der Waals surface area contributed by atoms with Crippen molar-refractivity contribution in [3.8, 4) is 5.75 Å². The van der Waals surface area contributed by atoms with Crippen LogP contribution < -0.4 is 25.6 Å². The van der Waals surface area contributed by atoms with E-state index in [0.717, 1.165) is 37.6 Å². The lowest BCUT2D eigenvalue weighted by Crippen LogP contribution is -3.15. The molecule has 2 amide bonds. The lowest BCUT2D eigenvalue weighted by atomic mass is 10.2. The molecule has 0 aliphatic carbocycles. The van der Waals surface area contributed by atoms with Crippen molar-refractivity contribution < 1.29 is 19.2 Å². The smallest absolute Gasteiger partial charge is 0.279 e. The monoisotopic (exact) mass is 369 g/mol. The average molecular weight is 369 g/mol. The molecule has 1 fully saturated rings. The minimum Gasteiger partial charge on any atom is -0.495 e. The van der Waals surface area contributed by atoms with E-state index in [1.54, 1.807) is 31.4 Å². The van der Waals surface area contributed by atoms with Crippen LogP contribution in [0.2, 0.25) is 0 Å². The van der Waals surface area contributed by atoms with Crippen LogP contribution in [-0.4, -0.2) is 51.6 Å². The van der Waals surface area contributed by atoms with E-state index in [4.69, 9.17) is 10.5 Å². The predicted octanol–water partition coefficient (Wildman–Crippen LogP) is 0.138. The molecule has 0 saturated carbocycles. The molecule has 1 aliphatic rings. The molecule has 0 spiro atoms. The number of carbonyl (C=O) groups is 2. The van der Waals surface area contributed by atoms with Gasteiger partial charge in [-0.3, -0.25) is 9.59 Å². The Bertz CT molecular complexity index is 799. The summed E-state index contributed by atoms with van der Waals surface area (Å²) in [6.45, 7) is 3.92. The molecule has 0 unspecified atom stereocenters. The standard InChI is InChI=1S/C20H24N4O3/c1-27-18-5-3-2-4-17(18)24-12-10-23(11-13-24)14-19(25)22-16-8-6-15(7-9-16)20(21)26/h2-9H,10-14H2,1H3,(H2,21,26)(H,22,25)/p+1. The van der Waals surface area contributed by atoms with E-state index in [1.165, 1.54) is 4.90 Å². The lowest BCUT2D eigenvalue weighted by Gasteiger charge is -2.34. The van der Waals surface area contributed by atoms with Crippen molar-refractivity contribution in [3.63, 3.8) is 0 Å². The highest BCUT2D eigenvalue weighted by atomic mass is 16.5. The molecule has 0 aromatic heterocycles. The Balaban J connectivity index is 1.50. The number of nitrogens with zero attached hydrogens (tertiary/aromatic N) is 1. The molecule has 142 valence electrons. The Hall–Kier alpha value is -3.06. The predicted molar refractivity (Wildman–Crippen MR) is 104 cm³/mol. The summed E-state index contributed by atoms with van der Waals surface area (Å²) in [4.78, 5) is 26.9. The van der Waals surface area contributed by atoms with Crippen LogP contribution in [0.25, 0.3) is 0 Å². The van der Waals surface area contributed by atoms with Gasteiger partial charge in [-0.15, -0.1) is 0 Å². The van der Waals surface area contributed by atoms with Crippen LogP contribution >= 0.6 is 0 Å². The third kappa shape index (κ3) is 4.77. The Kier molecular flexibility index (Phi) is 5.93. The van der Waals surface area contributed by atoms with Gasteiger partial charge in [-0.05, 0) is 36.4 Å². The van der Waals surface area contributed by atoms with E-state index in [2.05, 4.69) is 16.3 Å². The number of carbonyl (C=O) groups excluding carboxylic acids is 2. The van der Waals surface area contributed by atoms with Crippen LogP contribution in [0.1, 0.15) is 10.4 Å². The fourth-order valence-electron chi connectivity index (χ4n) is 3.28. The Labute approximate surface area is 158 Å². The maximum Gasteiger partial charge on any atom is 0.279 e. The van der Waals surface area contributed by atoms with Crippen molar-refractivity contribution in [1.82, 2.24) is 0 Å². The second-order valence-electron chi connectivity index (χ2n) is 6.58. The molecular weight excluding hydrogens is 344 g/mol. The number of hydrogen-bond acceptors (Lipinski definition) is 4. The summed E-state index contributed by atoms with van der Waals surface area (Å²) in [6, 6.07) is 14.6. The normalized spacial score (nSPS) is 14.6. The molecule has 27 heavy (non-hydrogen) atoms. The number of anilines is 2. The first kappa shape index (κ1) is 18.7. The number of benzene rings is 2. The van der Waals surface area contributed by atoms with Gasteiger partial charge in [0, 0.05) is 11.3 Å². The number of piperazine rings is 1. The molecular formula is C20H25N4O3+. The van der Waals surface area contributed by atoms with E-state index < -0.39 is 5.91 Å². The number of methoxy groups -OCH3 is 1. The van der Waals surface area contributed by atoms with Crippen molar-refractivity contribution in [1.29, 1.82) is 0 Å². The fraction of sp³-hybridized carbons (Fsp3) is 0.300. The van der Waals surface area contributed by atoms with Crippen molar-refractivity contribution in [2.75, 3.05) is 50.1 Å². The Morgan fingerprint density at radius 1 is 1.11 bits per heavy atom. The van der Waals surface area contributed by atoms with Gasteiger partial charge in [0.1, 0.15) is 5.75 Å². The van der Waals surface area contributed by atoms with E-state index in [9.17, 15) is 9.59 Å². The lowest BCUT2D eigenvalue weighted by molar-refractivity contribution is -0.892. The van der Waals surface area contributed by atoms with Gasteiger partial charge in [0.15, 0.2) is 6.54 Å². The molecule has 7 heteroatoms. The topological polar surface area (TPSA) is 89.1 Å². The molecule has 0 bridgehead atoms. The van der Waals surface area contributed by atoms with E-state index in [1.807, 2.05) is 18.2 Å². The van der Waals surface area contributed by atoms with Gasteiger partial charge >= 0.3 is 0 Å². The summed E-state index contributed by atoms with van der Waals surface area (Å²) in [7, 11) is 1.68. The van der Waals surface area contributed by atoms with Crippen LogP contribution in [0.4, 0.5) is 11.4 Å². The summed E-state index contributed by atoms with van der Waals surface area (Å²) >= 11 is 0. The second-order valence-corrected chi connectivity index (χ2v) is 6.58. The number of rotatable bonds is 6. The number of hydrogen-bond donors (Lipinski definition) is 3. The van der Waals surface area contributed by atoms with Gasteiger partial charge in [-0.2, -0.15) is 0 Å². The van der Waals surface area contributed by atoms with Gasteiger partial charge in [0.25, 0.3) is 5.91 Å². The van der Waals surface area contributed by atoms with Crippen LogP contribution in [0.5, 0.6) is 5.75 Å². The summed E-state index contributed by atoms with van der Waals surface area (Å²) < 4.78 is 5.44. The summed E-state index contributed by atoms with van der Waals surface area (Å²) in [5, 5.41) is 2.87. The largest absolute Gasteiger partial charge is 0.495 e. The van der Waals surface area contributed by atoms with Gasteiger partial charge in [-0.25, -0.2) is 0 Å². The molecule has 1 heterocycles. The van der Waals surface area contributed by atoms with E-state index in [0.29, 0.717) is 17.8 Å². The molecule has 1 aliphatic heterocycles. The fourth-order valence-corrected chi connectivity index (χ4v) is 3.28. The highest BCUT2D eigenvalue weighted by molar-refractivity contribution is 5.95. The zero-order chi connectivity index (χ0) is 19.2. The number of amides is 2. The molecule has 0 atom stereocenters. The average Bonchev–Trinajstić information content (AvgIpc) is 2.69. The number of primary amides is 1. The van der Waals surface area contributed by atoms with Gasteiger partial charge in [0.2, 0.25) is 5.91 Å². The summed E-state index contributed by atoms with van der Waals surface area (Å²) in [5.41, 5.74) is 7.40. The van der Waals surface area contributed by atoms with Crippen molar-refractivity contribution in [2.45, 2.75) is 0 Å². The maximum atomic E-state index is 12.3. The van der Waals surface area contributed by atoms with Crippen LogP contribution in [0.15, 0.2) is 48.5 Å². The highest BCUT2D eigenvalue weighted by Crippen LogP contribution is 2.27. The first-order chi connectivity index (χ1) is 13.1. The zero-order valence-electron chi connectivity index (χ0n) is 15.4. The van der Waals surface area contributed by atoms with Crippen LogP contribution in [0.3, 0.4) is 0 Å². The minimum absolute atomic E-state index is 0.0393. The zero-order valence-corrected chi connectivity index (χ0v) is 15.4. The first-order valence-electron chi connectivity index (χ1n) is 8.98. The SMILES string of the molecule is COc1ccccc1N1CC[NH+](CC(=O)Nc2ccc(C(N)=O)cc2)CC1. The van der Waals surface area contributed by atoms with Gasteiger partial charge in [0.05, 0.1) is 39.0 Å². The molecule has 2 aromatic carbocycles. The Morgan fingerprint density at radius 3 is 2.41 bits per heavy atom. The van der Waals surface area contributed by atoms with E-state index in [-0.39, 0.29) is 5.91 Å². The number of para-hydroxylation sites is 2. The maximum absolute atomic E-state index is 12.3. The highest BCUT2D eigenvalue weighted by Gasteiger charge is 2.23. The van der Waals surface area contributed by atoms with Gasteiger partial charge < -0.3 is 25.6 Å². The molecule has 4 N–H and O–H groups in total. The van der Waals surface area contributed by atoms with Crippen molar-refractivity contribution >= 4 is 23.2 Å². The third-order valence-electron chi connectivity index (χ3n) is 4.76. The molecule has 3 rings (SSSR count). The second kappa shape index (κ2) is 8.55. The minimum atomic E-state index is -0.481. The number of ether oxygens (including phenoxy) is 1.